The minimum atomic E-state index is -1.18. The van der Waals surface area contributed by atoms with Crippen LogP contribution in [0, 0.1) is 5.41 Å². The van der Waals surface area contributed by atoms with Gasteiger partial charge >= 0.3 is 5.97 Å². The van der Waals surface area contributed by atoms with Crippen LogP contribution in [0.15, 0.2) is 0 Å². The lowest BCUT2D eigenvalue weighted by Gasteiger charge is -2.24. The van der Waals surface area contributed by atoms with Crippen molar-refractivity contribution < 1.29 is 15.0 Å². The van der Waals surface area contributed by atoms with E-state index in [1.54, 1.807) is 0 Å². The van der Waals surface area contributed by atoms with Crippen molar-refractivity contribution in [1.29, 1.82) is 0 Å². The van der Waals surface area contributed by atoms with Crippen LogP contribution in [-0.2, 0) is 4.79 Å². The van der Waals surface area contributed by atoms with E-state index in [9.17, 15) is 9.90 Å². The third-order valence-electron chi connectivity index (χ3n) is 1.52. The lowest BCUT2D eigenvalue weighted by atomic mass is 9.87. The molecule has 0 aromatic rings. The molecule has 0 rings (SSSR count). The van der Waals surface area contributed by atoms with Crippen LogP contribution in [0.2, 0.25) is 0 Å². The van der Waals surface area contributed by atoms with Crippen molar-refractivity contribution in [2.45, 2.75) is 39.3 Å². The van der Waals surface area contributed by atoms with Crippen LogP contribution in [0.25, 0.3) is 0 Å². The van der Waals surface area contributed by atoms with Gasteiger partial charge in [0.2, 0.25) is 0 Å². The second-order valence-electron chi connectivity index (χ2n) is 4.20. The monoisotopic (exact) mass is 175 g/mol. The highest BCUT2D eigenvalue weighted by Crippen LogP contribution is 2.21. The van der Waals surface area contributed by atoms with Gasteiger partial charge < -0.3 is 15.9 Å². The number of aliphatic carboxylic acids is 1. The van der Waals surface area contributed by atoms with Gasteiger partial charge in [0, 0.05) is 0 Å². The molecule has 12 heavy (non-hydrogen) atoms. The first kappa shape index (κ1) is 11.4. The molecule has 4 heteroatoms. The fraction of sp³-hybridized carbons (Fsp3) is 0.875. The number of carboxylic acids is 1. The van der Waals surface area contributed by atoms with Crippen molar-refractivity contribution >= 4 is 5.97 Å². The third-order valence-corrected chi connectivity index (χ3v) is 1.52. The molecule has 4 nitrogen and oxygen atoms in total. The van der Waals surface area contributed by atoms with E-state index in [0.29, 0.717) is 6.42 Å². The topological polar surface area (TPSA) is 83.5 Å². The smallest absolute Gasteiger partial charge is 0.323 e. The molecule has 0 aliphatic carbocycles. The number of hydrogen-bond donors (Lipinski definition) is 3. The van der Waals surface area contributed by atoms with E-state index in [2.05, 4.69) is 0 Å². The summed E-state index contributed by atoms with van der Waals surface area (Å²) in [5, 5.41) is 17.8. The Morgan fingerprint density at radius 1 is 1.50 bits per heavy atom. The number of rotatable bonds is 3. The van der Waals surface area contributed by atoms with E-state index in [1.807, 2.05) is 20.8 Å². The Morgan fingerprint density at radius 3 is 2.17 bits per heavy atom. The highest BCUT2D eigenvalue weighted by molar-refractivity contribution is 5.73. The summed E-state index contributed by atoms with van der Waals surface area (Å²) in [6, 6.07) is -1.18. The molecule has 0 spiro atoms. The number of nitrogens with two attached hydrogens (primary N) is 1. The van der Waals surface area contributed by atoms with Crippen molar-refractivity contribution in [2.75, 3.05) is 0 Å². The molecule has 0 aromatic carbocycles. The normalized spacial score (nSPS) is 17.1. The predicted octanol–water partition coefficient (Wildman–Crippen LogP) is 0.195. The van der Waals surface area contributed by atoms with E-state index in [4.69, 9.17) is 10.8 Å². The van der Waals surface area contributed by atoms with Crippen LogP contribution >= 0.6 is 0 Å². The summed E-state index contributed by atoms with van der Waals surface area (Å²) < 4.78 is 0. The molecule has 0 amide bonds. The largest absolute Gasteiger partial charge is 0.480 e. The second-order valence-corrected chi connectivity index (χ2v) is 4.20. The summed E-state index contributed by atoms with van der Waals surface area (Å²) >= 11 is 0. The minimum absolute atomic E-state index is 0.105. The van der Waals surface area contributed by atoms with Gasteiger partial charge in [0.05, 0.1) is 6.10 Å². The molecule has 0 fully saturated rings. The Labute approximate surface area is 72.4 Å². The zero-order valence-corrected chi connectivity index (χ0v) is 7.74. The quantitative estimate of drug-likeness (QED) is 0.572. The SMILES string of the molecule is CC(C)(C)C[C@H](O)[C@@H](N)C(=O)O. The fourth-order valence-electron chi connectivity index (χ4n) is 0.919. The lowest BCUT2D eigenvalue weighted by molar-refractivity contribution is -0.141. The summed E-state index contributed by atoms with van der Waals surface area (Å²) in [4.78, 5) is 10.3. The van der Waals surface area contributed by atoms with Crippen molar-refractivity contribution in [3.63, 3.8) is 0 Å². The van der Waals surface area contributed by atoms with Crippen LogP contribution < -0.4 is 5.73 Å². The molecule has 0 bridgehead atoms. The third kappa shape index (κ3) is 4.31. The number of aliphatic hydroxyl groups excluding tert-OH is 1. The van der Waals surface area contributed by atoms with Gasteiger partial charge in [-0.25, -0.2) is 0 Å². The van der Waals surface area contributed by atoms with Crippen LogP contribution in [0.3, 0.4) is 0 Å². The molecule has 0 saturated carbocycles. The molecule has 72 valence electrons. The van der Waals surface area contributed by atoms with Crippen LogP contribution in [-0.4, -0.2) is 28.3 Å². The van der Waals surface area contributed by atoms with Gasteiger partial charge in [0.15, 0.2) is 0 Å². The van der Waals surface area contributed by atoms with Crippen LogP contribution in [0.1, 0.15) is 27.2 Å². The maximum atomic E-state index is 10.3. The Bertz CT molecular complexity index is 162. The fourth-order valence-corrected chi connectivity index (χ4v) is 0.919. The van der Waals surface area contributed by atoms with E-state index in [0.717, 1.165) is 0 Å². The number of aliphatic hydroxyl groups is 1. The average molecular weight is 175 g/mol. The molecule has 0 aliphatic heterocycles. The molecular weight excluding hydrogens is 158 g/mol. The van der Waals surface area contributed by atoms with Gasteiger partial charge in [0.1, 0.15) is 6.04 Å². The average Bonchev–Trinajstić information content (AvgIpc) is 1.82. The summed E-state index contributed by atoms with van der Waals surface area (Å²) in [5.74, 6) is -1.16. The van der Waals surface area contributed by atoms with Gasteiger partial charge in [-0.1, -0.05) is 20.8 Å². The Kier molecular flexibility index (Phi) is 3.67. The van der Waals surface area contributed by atoms with Crippen molar-refractivity contribution in [2.24, 2.45) is 11.1 Å². The summed E-state index contributed by atoms with van der Waals surface area (Å²) in [6.07, 6.45) is -0.581. The Morgan fingerprint density at radius 2 is 1.92 bits per heavy atom. The molecule has 2 atom stereocenters. The Balaban J connectivity index is 4.04. The van der Waals surface area contributed by atoms with Crippen molar-refractivity contribution in [3.05, 3.63) is 0 Å². The molecule has 4 N–H and O–H groups in total. The van der Waals surface area contributed by atoms with Gasteiger partial charge in [0.25, 0.3) is 0 Å². The molecular formula is C8H17NO3. The first-order valence-corrected chi connectivity index (χ1v) is 3.90. The zero-order valence-electron chi connectivity index (χ0n) is 7.74. The molecule has 0 aromatic heterocycles. The first-order chi connectivity index (χ1) is 5.24. The predicted molar refractivity (Wildman–Crippen MR) is 45.7 cm³/mol. The maximum Gasteiger partial charge on any atom is 0.323 e. The second kappa shape index (κ2) is 3.87. The highest BCUT2D eigenvalue weighted by Gasteiger charge is 2.26. The Hall–Kier alpha value is -0.610. The van der Waals surface area contributed by atoms with E-state index >= 15 is 0 Å². The summed E-state index contributed by atoms with van der Waals surface area (Å²) in [5.41, 5.74) is 5.11. The molecule has 0 unspecified atom stereocenters. The van der Waals surface area contributed by atoms with Gasteiger partial charge in [-0.15, -0.1) is 0 Å². The molecule has 0 heterocycles. The lowest BCUT2D eigenvalue weighted by Crippen LogP contribution is -2.43. The van der Waals surface area contributed by atoms with Gasteiger partial charge in [-0.3, -0.25) is 4.79 Å². The van der Waals surface area contributed by atoms with Crippen LogP contribution in [0.4, 0.5) is 0 Å². The first-order valence-electron chi connectivity index (χ1n) is 3.90. The maximum absolute atomic E-state index is 10.3. The van der Waals surface area contributed by atoms with Crippen LogP contribution in [0.5, 0.6) is 0 Å². The standard InChI is InChI=1S/C8H17NO3/c1-8(2,3)4-5(10)6(9)7(11)12/h5-6,10H,4,9H2,1-3H3,(H,11,12)/t5-,6+/m0/s1. The number of carboxylic acid groups (broad SMARTS) is 1. The summed E-state index contributed by atoms with van der Waals surface area (Å²) in [6.45, 7) is 5.76. The van der Waals surface area contributed by atoms with Crippen molar-refractivity contribution in [3.8, 4) is 0 Å². The summed E-state index contributed by atoms with van der Waals surface area (Å²) in [7, 11) is 0. The highest BCUT2D eigenvalue weighted by atomic mass is 16.4. The van der Waals surface area contributed by atoms with Gasteiger partial charge in [-0.05, 0) is 11.8 Å². The zero-order chi connectivity index (χ0) is 9.94. The molecule has 0 aliphatic rings. The van der Waals surface area contributed by atoms with Gasteiger partial charge in [-0.2, -0.15) is 0 Å². The van der Waals surface area contributed by atoms with Crippen molar-refractivity contribution in [1.82, 2.24) is 0 Å². The van der Waals surface area contributed by atoms with E-state index in [1.165, 1.54) is 0 Å². The number of carbonyl (C=O) groups is 1. The van der Waals surface area contributed by atoms with E-state index in [-0.39, 0.29) is 5.41 Å². The van der Waals surface area contributed by atoms with E-state index < -0.39 is 18.1 Å². The minimum Gasteiger partial charge on any atom is -0.480 e. The number of hydrogen-bond acceptors (Lipinski definition) is 3. The molecule has 0 saturated heterocycles. The molecule has 0 radical (unpaired) electrons.